The quantitative estimate of drug-likeness (QED) is 0.449. The molecule has 172 valence electrons. The van der Waals surface area contributed by atoms with Gasteiger partial charge in [0.1, 0.15) is 16.4 Å². The van der Waals surface area contributed by atoms with E-state index in [0.29, 0.717) is 31.4 Å². The minimum Gasteiger partial charge on any atom is -0.506 e. The first kappa shape index (κ1) is 24.4. The molecular weight excluding hydrogens is 514 g/mol. The maximum atomic E-state index is 12.5. The number of para-hydroxylation sites is 1. The van der Waals surface area contributed by atoms with Gasteiger partial charge in [0.25, 0.3) is 0 Å². The van der Waals surface area contributed by atoms with Crippen molar-refractivity contribution in [3.63, 3.8) is 0 Å². The highest BCUT2D eigenvalue weighted by atomic mass is 79.9. The molecule has 0 aliphatic carbocycles. The van der Waals surface area contributed by atoms with Crippen LogP contribution in [0.2, 0.25) is 0 Å². The van der Waals surface area contributed by atoms with Gasteiger partial charge in [0.2, 0.25) is 0 Å². The monoisotopic (exact) mass is 533 g/mol. The van der Waals surface area contributed by atoms with Crippen molar-refractivity contribution in [2.24, 2.45) is 4.99 Å². The molecule has 33 heavy (non-hydrogen) atoms. The topological polar surface area (TPSA) is 115 Å². The van der Waals surface area contributed by atoms with Gasteiger partial charge in [-0.15, -0.1) is 0 Å². The maximum absolute atomic E-state index is 12.5. The number of benzene rings is 2. The van der Waals surface area contributed by atoms with Crippen LogP contribution in [0.1, 0.15) is 12.5 Å². The lowest BCUT2D eigenvalue weighted by atomic mass is 10.1. The fraction of sp³-hybridized carbons (Fsp3) is 0.174. The predicted molar refractivity (Wildman–Crippen MR) is 129 cm³/mol. The summed E-state index contributed by atoms with van der Waals surface area (Å²) in [5, 5.41) is 20.0. The van der Waals surface area contributed by atoms with E-state index in [9.17, 15) is 14.7 Å². The van der Waals surface area contributed by atoms with Crippen LogP contribution in [0.4, 0.5) is 5.69 Å². The van der Waals surface area contributed by atoms with Crippen molar-refractivity contribution in [3.8, 4) is 11.5 Å². The highest BCUT2D eigenvalue weighted by Gasteiger charge is 2.33. The van der Waals surface area contributed by atoms with Gasteiger partial charge in [0.15, 0.2) is 18.1 Å². The summed E-state index contributed by atoms with van der Waals surface area (Å²) in [6.45, 7) is 1.30. The van der Waals surface area contributed by atoms with Crippen LogP contribution >= 0.6 is 27.7 Å². The SMILES string of the molecule is CCOC(=O)C1=C(O)/C(=C/c2cc(Br)c(OCC(=O)O)c(OC)c2)SC1=Nc1ccccc1. The van der Waals surface area contributed by atoms with Gasteiger partial charge in [-0.1, -0.05) is 30.0 Å². The van der Waals surface area contributed by atoms with Crippen LogP contribution in [0.5, 0.6) is 11.5 Å². The van der Waals surface area contributed by atoms with Gasteiger partial charge in [-0.05, 0) is 58.8 Å². The standard InChI is InChI=1S/C23H20BrNO7S/c1-3-31-23(29)19-20(28)17(33-22(19)25-14-7-5-4-6-8-14)11-13-9-15(24)21(16(10-13)30-2)32-12-18(26)27/h4-11,28H,3,12H2,1-2H3,(H,26,27)/b17-11-,25-22?. The lowest BCUT2D eigenvalue weighted by Crippen LogP contribution is -2.12. The van der Waals surface area contributed by atoms with E-state index in [1.165, 1.54) is 7.11 Å². The zero-order valence-corrected chi connectivity index (χ0v) is 20.1. The number of aliphatic carboxylic acids is 1. The second kappa shape index (κ2) is 11.1. The minimum atomic E-state index is -1.12. The number of hydrogen-bond donors (Lipinski definition) is 2. The molecule has 0 unspecified atom stereocenters. The number of rotatable bonds is 8. The summed E-state index contributed by atoms with van der Waals surface area (Å²) in [4.78, 5) is 28.3. The molecule has 0 fully saturated rings. The van der Waals surface area contributed by atoms with Crippen LogP contribution in [0, 0.1) is 0 Å². The second-order valence-electron chi connectivity index (χ2n) is 6.52. The zero-order valence-electron chi connectivity index (χ0n) is 17.7. The molecule has 0 atom stereocenters. The Hall–Kier alpha value is -3.24. The van der Waals surface area contributed by atoms with Crippen LogP contribution < -0.4 is 9.47 Å². The molecule has 0 saturated heterocycles. The number of carbonyl (C=O) groups excluding carboxylic acids is 1. The summed E-state index contributed by atoms with van der Waals surface area (Å²) in [6.07, 6.45) is 1.65. The first-order valence-electron chi connectivity index (χ1n) is 9.70. The molecule has 1 heterocycles. The second-order valence-corrected chi connectivity index (χ2v) is 8.41. The maximum Gasteiger partial charge on any atom is 0.344 e. The highest BCUT2D eigenvalue weighted by Crippen LogP contribution is 2.42. The number of ether oxygens (including phenoxy) is 3. The highest BCUT2D eigenvalue weighted by molar-refractivity contribution is 9.10. The van der Waals surface area contributed by atoms with Gasteiger partial charge in [0.05, 0.1) is 28.8 Å². The molecule has 2 N–H and O–H groups in total. The Labute approximate surface area is 202 Å². The molecule has 2 aromatic rings. The number of nitrogens with zero attached hydrogens (tertiary/aromatic N) is 1. The number of aliphatic imine (C=N–C) groups is 1. The Morgan fingerprint density at radius 3 is 2.58 bits per heavy atom. The Bertz CT molecular complexity index is 1160. The molecule has 0 radical (unpaired) electrons. The summed E-state index contributed by atoms with van der Waals surface area (Å²) in [6, 6.07) is 12.4. The van der Waals surface area contributed by atoms with E-state index >= 15 is 0 Å². The Kier molecular flexibility index (Phi) is 8.18. The molecule has 2 aromatic carbocycles. The number of hydrogen-bond acceptors (Lipinski definition) is 8. The van der Waals surface area contributed by atoms with Crippen LogP contribution in [0.3, 0.4) is 0 Å². The summed E-state index contributed by atoms with van der Waals surface area (Å²) < 4.78 is 16.2. The number of aliphatic hydroxyl groups is 1. The molecule has 0 amide bonds. The molecule has 3 rings (SSSR count). The molecular formula is C23H20BrNO7S. The number of thioether (sulfide) groups is 1. The van der Waals surface area contributed by atoms with Crippen molar-refractivity contribution < 1.29 is 34.0 Å². The Morgan fingerprint density at radius 1 is 1.21 bits per heavy atom. The fourth-order valence-corrected chi connectivity index (χ4v) is 4.47. The zero-order chi connectivity index (χ0) is 24.0. The van der Waals surface area contributed by atoms with Crippen molar-refractivity contribution >= 4 is 56.4 Å². The molecule has 10 heteroatoms. The van der Waals surface area contributed by atoms with Gasteiger partial charge < -0.3 is 24.4 Å². The van der Waals surface area contributed by atoms with Crippen LogP contribution in [-0.2, 0) is 14.3 Å². The predicted octanol–water partition coefficient (Wildman–Crippen LogP) is 5.11. The molecule has 0 bridgehead atoms. The molecule has 1 aliphatic heterocycles. The number of carboxylic acids is 1. The van der Waals surface area contributed by atoms with E-state index in [-0.39, 0.29) is 23.7 Å². The lowest BCUT2D eigenvalue weighted by molar-refractivity contribution is -0.139. The Morgan fingerprint density at radius 2 is 1.94 bits per heavy atom. The number of carboxylic acid groups (broad SMARTS) is 1. The summed E-state index contributed by atoms with van der Waals surface area (Å²) >= 11 is 4.49. The third-order valence-electron chi connectivity index (χ3n) is 4.25. The summed E-state index contributed by atoms with van der Waals surface area (Å²) in [5.41, 5.74) is 1.23. The van der Waals surface area contributed by atoms with Crippen molar-refractivity contribution in [3.05, 3.63) is 68.7 Å². The van der Waals surface area contributed by atoms with E-state index in [4.69, 9.17) is 19.3 Å². The third kappa shape index (κ3) is 5.96. The molecule has 0 aromatic heterocycles. The van der Waals surface area contributed by atoms with Gasteiger partial charge in [-0.2, -0.15) is 0 Å². The first-order valence-corrected chi connectivity index (χ1v) is 11.3. The van der Waals surface area contributed by atoms with Gasteiger partial charge in [0, 0.05) is 0 Å². The van der Waals surface area contributed by atoms with Crippen LogP contribution in [0.25, 0.3) is 6.08 Å². The van der Waals surface area contributed by atoms with Gasteiger partial charge in [-0.3, -0.25) is 0 Å². The number of esters is 1. The lowest BCUT2D eigenvalue weighted by Gasteiger charge is -2.12. The smallest absolute Gasteiger partial charge is 0.344 e. The van der Waals surface area contributed by atoms with Crippen molar-refractivity contribution in [2.75, 3.05) is 20.3 Å². The van der Waals surface area contributed by atoms with Crippen molar-refractivity contribution in [1.82, 2.24) is 0 Å². The minimum absolute atomic E-state index is 0.00982. The average Bonchev–Trinajstić information content (AvgIpc) is 3.07. The summed E-state index contributed by atoms with van der Waals surface area (Å²) in [7, 11) is 1.43. The third-order valence-corrected chi connectivity index (χ3v) is 5.86. The van der Waals surface area contributed by atoms with E-state index in [1.54, 1.807) is 37.3 Å². The van der Waals surface area contributed by atoms with E-state index < -0.39 is 18.5 Å². The molecule has 8 nitrogen and oxygen atoms in total. The average molecular weight is 534 g/mol. The molecule has 1 aliphatic rings. The van der Waals surface area contributed by atoms with Gasteiger partial charge in [-0.25, -0.2) is 14.6 Å². The summed E-state index contributed by atoms with van der Waals surface area (Å²) in [5.74, 6) is -1.50. The van der Waals surface area contributed by atoms with Crippen molar-refractivity contribution in [2.45, 2.75) is 6.92 Å². The van der Waals surface area contributed by atoms with E-state index in [1.807, 2.05) is 18.2 Å². The first-order chi connectivity index (χ1) is 15.8. The van der Waals surface area contributed by atoms with Crippen molar-refractivity contribution in [1.29, 1.82) is 0 Å². The van der Waals surface area contributed by atoms with E-state index in [0.717, 1.165) is 11.8 Å². The fourth-order valence-electron chi connectivity index (χ4n) is 2.86. The Balaban J connectivity index is 2.02. The number of aliphatic hydroxyl groups excluding tert-OH is 1. The molecule has 0 spiro atoms. The van der Waals surface area contributed by atoms with Crippen LogP contribution in [0.15, 0.2) is 68.2 Å². The van der Waals surface area contributed by atoms with Gasteiger partial charge >= 0.3 is 11.9 Å². The normalized spacial score (nSPS) is 15.7. The number of carbonyl (C=O) groups is 2. The number of methoxy groups -OCH3 is 1. The molecule has 0 saturated carbocycles. The largest absolute Gasteiger partial charge is 0.506 e. The van der Waals surface area contributed by atoms with E-state index in [2.05, 4.69) is 20.9 Å². The van der Waals surface area contributed by atoms with Crippen LogP contribution in [-0.4, -0.2) is 47.5 Å². The number of halogens is 1.